The quantitative estimate of drug-likeness (QED) is 0.0729. The lowest BCUT2D eigenvalue weighted by Gasteiger charge is -2.27. The Hall–Kier alpha value is -6.78. The lowest BCUT2D eigenvalue weighted by Crippen LogP contribution is -2.58. The molecule has 0 spiro atoms. The molecule has 17 nitrogen and oxygen atoms in total. The molecule has 5 unspecified atom stereocenters. The van der Waals surface area contributed by atoms with E-state index in [2.05, 4.69) is 37.2 Å². The molecule has 348 valence electrons. The standard InChI is InChI=1S/C48H61N7O10/c1-6-29(4)43(55-44(59)30(5)52-39(56)25-51-48(63)64-27-37-35-21-12-10-19-33(35)34-20-11-13-22-36(34)37)47(62)49-24-40(57)53-38(23-31-15-8-7-9-16-31)45(60)54-42(28(2)3)46(61)50-26-41(58)65-32-17-14-18-32/h7-13,15-16,19-22,28-30,32,37-38,42-43H,6,14,17-18,23-27H2,1-5H3,(H,49,62)(H,50,61)(H,51,63)(H,52,56)(H,53,57)(H,54,60)(H,55,59). The van der Waals surface area contributed by atoms with Crippen molar-refractivity contribution in [2.24, 2.45) is 11.8 Å². The van der Waals surface area contributed by atoms with E-state index in [0.717, 1.165) is 47.1 Å². The molecule has 2 aliphatic carbocycles. The van der Waals surface area contributed by atoms with Crippen molar-refractivity contribution in [3.8, 4) is 11.1 Å². The third-order valence-electron chi connectivity index (χ3n) is 11.7. The lowest BCUT2D eigenvalue weighted by molar-refractivity contribution is -0.152. The van der Waals surface area contributed by atoms with E-state index in [1.807, 2.05) is 55.5 Å². The van der Waals surface area contributed by atoms with Gasteiger partial charge in [-0.1, -0.05) is 113 Å². The monoisotopic (exact) mass is 895 g/mol. The van der Waals surface area contributed by atoms with E-state index in [-0.39, 0.29) is 37.5 Å². The van der Waals surface area contributed by atoms with Crippen LogP contribution in [0.25, 0.3) is 11.1 Å². The minimum atomic E-state index is -1.16. The van der Waals surface area contributed by atoms with Crippen LogP contribution in [0.5, 0.6) is 0 Å². The molecule has 7 amide bonds. The van der Waals surface area contributed by atoms with Gasteiger partial charge in [0.05, 0.1) is 6.54 Å². The summed E-state index contributed by atoms with van der Waals surface area (Å²) >= 11 is 0. The Balaban J connectivity index is 1.09. The van der Waals surface area contributed by atoms with Crippen LogP contribution in [0.1, 0.15) is 82.9 Å². The highest BCUT2D eigenvalue weighted by atomic mass is 16.6. The van der Waals surface area contributed by atoms with E-state index in [4.69, 9.17) is 9.47 Å². The fraction of sp³-hybridized carbons (Fsp3) is 0.458. The lowest BCUT2D eigenvalue weighted by atomic mass is 9.96. The summed E-state index contributed by atoms with van der Waals surface area (Å²) in [6.45, 7) is 7.13. The van der Waals surface area contributed by atoms with Crippen LogP contribution in [-0.4, -0.2) is 104 Å². The van der Waals surface area contributed by atoms with E-state index in [9.17, 15) is 38.4 Å². The summed E-state index contributed by atoms with van der Waals surface area (Å²) in [5.74, 6) is -5.48. The number of ether oxygens (including phenoxy) is 2. The molecule has 3 aromatic rings. The van der Waals surface area contributed by atoms with Gasteiger partial charge in [-0.2, -0.15) is 0 Å². The second kappa shape index (κ2) is 23.8. The number of nitrogens with one attached hydrogen (secondary N) is 7. The van der Waals surface area contributed by atoms with E-state index in [0.29, 0.717) is 6.42 Å². The molecule has 0 saturated heterocycles. The van der Waals surface area contributed by atoms with Gasteiger partial charge in [0, 0.05) is 12.3 Å². The largest absolute Gasteiger partial charge is 0.461 e. The van der Waals surface area contributed by atoms with Crippen molar-refractivity contribution < 1.29 is 47.8 Å². The Morgan fingerprint density at radius 3 is 1.77 bits per heavy atom. The summed E-state index contributed by atoms with van der Waals surface area (Å²) in [5, 5.41) is 18.0. The minimum Gasteiger partial charge on any atom is -0.461 e. The van der Waals surface area contributed by atoms with Crippen LogP contribution in [0.4, 0.5) is 4.79 Å². The van der Waals surface area contributed by atoms with Gasteiger partial charge in [-0.25, -0.2) is 4.79 Å². The van der Waals surface area contributed by atoms with Crippen molar-refractivity contribution in [1.29, 1.82) is 0 Å². The van der Waals surface area contributed by atoms with E-state index in [1.165, 1.54) is 6.92 Å². The van der Waals surface area contributed by atoms with E-state index in [1.54, 1.807) is 51.1 Å². The highest BCUT2D eigenvalue weighted by Gasteiger charge is 2.33. The van der Waals surface area contributed by atoms with Crippen molar-refractivity contribution in [2.75, 3.05) is 26.2 Å². The fourth-order valence-electron chi connectivity index (χ4n) is 7.50. The summed E-state index contributed by atoms with van der Waals surface area (Å²) in [4.78, 5) is 104. The summed E-state index contributed by atoms with van der Waals surface area (Å²) in [6, 6.07) is 20.3. The molecule has 0 radical (unpaired) electrons. The highest BCUT2D eigenvalue weighted by molar-refractivity contribution is 5.96. The second-order valence-electron chi connectivity index (χ2n) is 16.9. The zero-order valence-corrected chi connectivity index (χ0v) is 37.6. The van der Waals surface area contributed by atoms with Crippen molar-refractivity contribution >= 4 is 47.5 Å². The van der Waals surface area contributed by atoms with Gasteiger partial charge in [-0.05, 0) is 65.8 Å². The maximum Gasteiger partial charge on any atom is 0.407 e. The first kappa shape index (κ1) is 49.2. The number of hydrogen-bond acceptors (Lipinski definition) is 10. The fourth-order valence-corrected chi connectivity index (χ4v) is 7.50. The van der Waals surface area contributed by atoms with Crippen molar-refractivity contribution in [1.82, 2.24) is 37.2 Å². The topological polar surface area (TPSA) is 239 Å². The molecule has 17 heteroatoms. The zero-order valence-electron chi connectivity index (χ0n) is 37.6. The SMILES string of the molecule is CCC(C)C(NC(=O)C(C)NC(=O)CNC(=O)OCC1c2ccccc2-c2ccccc21)C(=O)NCC(=O)NC(Cc1ccccc1)C(=O)NC(C(=O)NCC(=O)OC1CCC1)C(C)C. The number of benzene rings is 3. The number of carbonyl (C=O) groups excluding carboxylic acids is 8. The van der Waals surface area contributed by atoms with Crippen LogP contribution in [0, 0.1) is 11.8 Å². The van der Waals surface area contributed by atoms with Crippen LogP contribution in [0.2, 0.25) is 0 Å². The maximum atomic E-state index is 13.7. The molecule has 0 bridgehead atoms. The molecule has 0 heterocycles. The zero-order chi connectivity index (χ0) is 47.0. The molecule has 5 atom stereocenters. The molecule has 7 N–H and O–H groups in total. The van der Waals surface area contributed by atoms with Gasteiger partial charge in [-0.15, -0.1) is 0 Å². The van der Waals surface area contributed by atoms with Crippen LogP contribution in [0.15, 0.2) is 78.9 Å². The Labute approximate surface area is 379 Å². The average molecular weight is 896 g/mol. The summed E-state index contributed by atoms with van der Waals surface area (Å²) in [5.41, 5.74) is 4.96. The predicted octanol–water partition coefficient (Wildman–Crippen LogP) is 2.76. The van der Waals surface area contributed by atoms with Crippen LogP contribution in [0.3, 0.4) is 0 Å². The first-order valence-electron chi connectivity index (χ1n) is 22.2. The first-order valence-corrected chi connectivity index (χ1v) is 22.2. The first-order chi connectivity index (χ1) is 31.1. The number of alkyl carbamates (subject to hydrolysis) is 1. The second-order valence-corrected chi connectivity index (χ2v) is 16.9. The van der Waals surface area contributed by atoms with Gasteiger partial charge in [-0.3, -0.25) is 33.6 Å². The number of carbonyl (C=O) groups is 8. The Bertz CT molecular complexity index is 2130. The maximum absolute atomic E-state index is 13.7. The van der Waals surface area contributed by atoms with Crippen LogP contribution < -0.4 is 37.2 Å². The summed E-state index contributed by atoms with van der Waals surface area (Å²) in [7, 11) is 0. The molecule has 3 aromatic carbocycles. The smallest absolute Gasteiger partial charge is 0.407 e. The number of hydrogen-bond donors (Lipinski definition) is 7. The van der Waals surface area contributed by atoms with Crippen LogP contribution in [-0.2, 0) is 49.5 Å². The van der Waals surface area contributed by atoms with E-state index < -0.39 is 90.7 Å². The van der Waals surface area contributed by atoms with Crippen molar-refractivity contribution in [3.63, 3.8) is 0 Å². The van der Waals surface area contributed by atoms with Gasteiger partial charge in [0.25, 0.3) is 0 Å². The number of amides is 7. The molecule has 1 fully saturated rings. The van der Waals surface area contributed by atoms with Gasteiger partial charge in [0.1, 0.15) is 50.0 Å². The van der Waals surface area contributed by atoms with Gasteiger partial charge in [0.15, 0.2) is 0 Å². The molecular formula is C48H61N7O10. The number of rotatable bonds is 22. The predicted molar refractivity (Wildman–Crippen MR) is 241 cm³/mol. The highest BCUT2D eigenvalue weighted by Crippen LogP contribution is 2.44. The number of esters is 1. The van der Waals surface area contributed by atoms with Crippen LogP contribution >= 0.6 is 0 Å². The third-order valence-corrected chi connectivity index (χ3v) is 11.7. The number of fused-ring (bicyclic) bond motifs is 3. The van der Waals surface area contributed by atoms with Gasteiger partial charge in [0.2, 0.25) is 35.4 Å². The average Bonchev–Trinajstić information content (AvgIpc) is 3.60. The molecule has 5 rings (SSSR count). The molecular weight excluding hydrogens is 835 g/mol. The third kappa shape index (κ3) is 14.1. The molecule has 0 aliphatic heterocycles. The van der Waals surface area contributed by atoms with Crippen molar-refractivity contribution in [3.05, 3.63) is 95.6 Å². The van der Waals surface area contributed by atoms with Gasteiger partial charge >= 0.3 is 12.1 Å². The van der Waals surface area contributed by atoms with Gasteiger partial charge < -0.3 is 46.7 Å². The van der Waals surface area contributed by atoms with E-state index >= 15 is 0 Å². The summed E-state index contributed by atoms with van der Waals surface area (Å²) < 4.78 is 10.8. The Morgan fingerprint density at radius 1 is 0.615 bits per heavy atom. The molecule has 1 saturated carbocycles. The molecule has 65 heavy (non-hydrogen) atoms. The summed E-state index contributed by atoms with van der Waals surface area (Å²) in [6.07, 6.45) is 2.14. The normalized spacial score (nSPS) is 15.2. The Morgan fingerprint density at radius 2 is 1.17 bits per heavy atom. The Kier molecular flexibility index (Phi) is 18.0. The van der Waals surface area contributed by atoms with Crippen molar-refractivity contribution in [2.45, 2.75) is 103 Å². The minimum absolute atomic E-state index is 0.0584. The molecule has 2 aliphatic rings. The molecule has 0 aromatic heterocycles.